The van der Waals surface area contributed by atoms with Gasteiger partial charge >= 0.3 is 0 Å². The van der Waals surface area contributed by atoms with Gasteiger partial charge in [0.15, 0.2) is 0 Å². The molecule has 3 rings (SSSR count). The van der Waals surface area contributed by atoms with Crippen LogP contribution in [0.1, 0.15) is 31.1 Å². The molecular weight excluding hydrogens is 207 g/mol. The van der Waals surface area contributed by atoms with Crippen LogP contribution >= 0.6 is 0 Å². The van der Waals surface area contributed by atoms with Crippen molar-refractivity contribution in [2.75, 3.05) is 0 Å². The van der Waals surface area contributed by atoms with Crippen LogP contribution in [0.5, 0.6) is 0 Å². The number of benzene rings is 1. The van der Waals surface area contributed by atoms with Crippen LogP contribution in [-0.4, -0.2) is 5.11 Å². The molecule has 1 N–H and O–H groups in total. The summed E-state index contributed by atoms with van der Waals surface area (Å²) in [4.78, 5) is 0. The molecule has 1 aromatic heterocycles. The smallest absolute Gasteiger partial charge is 0.134 e. The van der Waals surface area contributed by atoms with E-state index in [4.69, 9.17) is 4.42 Å². The summed E-state index contributed by atoms with van der Waals surface area (Å²) in [5.74, 6) is 0.591. The van der Waals surface area contributed by atoms with Gasteiger partial charge in [-0.3, -0.25) is 0 Å². The van der Waals surface area contributed by atoms with E-state index in [0.717, 1.165) is 12.8 Å². The van der Waals surface area contributed by atoms with E-state index in [9.17, 15) is 9.50 Å². The second kappa shape index (κ2) is 3.59. The average Bonchev–Trinajstić information content (AvgIpc) is 2.57. The van der Waals surface area contributed by atoms with Crippen LogP contribution in [0.3, 0.4) is 0 Å². The van der Waals surface area contributed by atoms with E-state index in [1.54, 1.807) is 12.1 Å². The fraction of sp³-hybridized carbons (Fsp3) is 0.385. The standard InChI is InChI=1S/C13H13FO2/c14-10-4-5-11-9(6-10)7-12(16-11)13(15)8-2-1-3-8/h4-8,13,15H,1-3H2. The van der Waals surface area contributed by atoms with Crippen LogP contribution in [0.25, 0.3) is 11.0 Å². The molecule has 0 spiro atoms. The van der Waals surface area contributed by atoms with Crippen molar-refractivity contribution in [2.45, 2.75) is 25.4 Å². The van der Waals surface area contributed by atoms with Crippen molar-refractivity contribution in [3.05, 3.63) is 35.8 Å². The highest BCUT2D eigenvalue weighted by Gasteiger charge is 2.29. The third-order valence-corrected chi connectivity index (χ3v) is 3.39. The lowest BCUT2D eigenvalue weighted by Crippen LogP contribution is -2.19. The maximum absolute atomic E-state index is 13.0. The third kappa shape index (κ3) is 1.52. The van der Waals surface area contributed by atoms with Crippen LogP contribution in [0.4, 0.5) is 4.39 Å². The van der Waals surface area contributed by atoms with Crippen molar-refractivity contribution >= 4 is 11.0 Å². The molecule has 0 aliphatic heterocycles. The zero-order valence-corrected chi connectivity index (χ0v) is 8.82. The summed E-state index contributed by atoms with van der Waals surface area (Å²) in [5.41, 5.74) is 0.634. The van der Waals surface area contributed by atoms with E-state index in [1.807, 2.05) is 0 Å². The number of halogens is 1. The van der Waals surface area contributed by atoms with Gasteiger partial charge in [-0.05, 0) is 43.0 Å². The van der Waals surface area contributed by atoms with Gasteiger partial charge in [0.1, 0.15) is 23.3 Å². The molecule has 1 aliphatic rings. The van der Waals surface area contributed by atoms with Gasteiger partial charge in [0.2, 0.25) is 0 Å². The summed E-state index contributed by atoms with van der Waals surface area (Å²) in [6, 6.07) is 6.13. The molecule has 0 amide bonds. The third-order valence-electron chi connectivity index (χ3n) is 3.39. The van der Waals surface area contributed by atoms with E-state index in [2.05, 4.69) is 0 Å². The number of aliphatic hydroxyl groups is 1. The van der Waals surface area contributed by atoms with Crippen LogP contribution in [-0.2, 0) is 0 Å². The Morgan fingerprint density at radius 2 is 2.12 bits per heavy atom. The molecule has 1 fully saturated rings. The van der Waals surface area contributed by atoms with Crippen molar-refractivity contribution in [3.8, 4) is 0 Å². The predicted octanol–water partition coefficient (Wildman–Crippen LogP) is 3.41. The summed E-state index contributed by atoms with van der Waals surface area (Å²) in [6.07, 6.45) is 2.74. The first-order valence-electron chi connectivity index (χ1n) is 5.61. The molecule has 0 saturated heterocycles. The highest BCUT2D eigenvalue weighted by atomic mass is 19.1. The fourth-order valence-corrected chi connectivity index (χ4v) is 2.17. The summed E-state index contributed by atoms with van der Waals surface area (Å²) in [7, 11) is 0. The predicted molar refractivity (Wildman–Crippen MR) is 58.5 cm³/mol. The SMILES string of the molecule is OC(c1cc2cc(F)ccc2o1)C1CCC1. The van der Waals surface area contributed by atoms with Crippen molar-refractivity contribution in [2.24, 2.45) is 5.92 Å². The topological polar surface area (TPSA) is 33.4 Å². The lowest BCUT2D eigenvalue weighted by Gasteiger charge is -2.28. The largest absolute Gasteiger partial charge is 0.458 e. The second-order valence-corrected chi connectivity index (χ2v) is 4.47. The van der Waals surface area contributed by atoms with E-state index in [1.165, 1.54) is 18.6 Å². The maximum atomic E-state index is 13.0. The summed E-state index contributed by atoms with van der Waals surface area (Å²) in [6.45, 7) is 0. The molecule has 0 bridgehead atoms. The minimum Gasteiger partial charge on any atom is -0.458 e. The van der Waals surface area contributed by atoms with Crippen LogP contribution in [0.2, 0.25) is 0 Å². The second-order valence-electron chi connectivity index (χ2n) is 4.47. The van der Waals surface area contributed by atoms with Crippen molar-refractivity contribution in [1.82, 2.24) is 0 Å². The van der Waals surface area contributed by atoms with Gasteiger partial charge in [0.05, 0.1) is 0 Å². The molecule has 16 heavy (non-hydrogen) atoms. The Hall–Kier alpha value is -1.35. The van der Waals surface area contributed by atoms with E-state index >= 15 is 0 Å². The Morgan fingerprint density at radius 1 is 1.31 bits per heavy atom. The Kier molecular flexibility index (Phi) is 2.21. The van der Waals surface area contributed by atoms with Crippen molar-refractivity contribution in [3.63, 3.8) is 0 Å². The Bertz CT molecular complexity index is 514. The highest BCUT2D eigenvalue weighted by Crippen LogP contribution is 2.39. The molecule has 0 radical (unpaired) electrons. The molecule has 1 heterocycles. The van der Waals surface area contributed by atoms with Crippen LogP contribution < -0.4 is 0 Å². The molecule has 1 atom stereocenters. The number of aliphatic hydroxyl groups excluding tert-OH is 1. The Balaban J connectivity index is 1.97. The lowest BCUT2D eigenvalue weighted by atomic mass is 9.80. The van der Waals surface area contributed by atoms with Gasteiger partial charge in [0.25, 0.3) is 0 Å². The minimum absolute atomic E-state index is 0.280. The van der Waals surface area contributed by atoms with Gasteiger partial charge < -0.3 is 9.52 Å². The van der Waals surface area contributed by atoms with Crippen molar-refractivity contribution < 1.29 is 13.9 Å². The summed E-state index contributed by atoms with van der Waals surface area (Å²) >= 11 is 0. The molecule has 1 unspecified atom stereocenters. The van der Waals surface area contributed by atoms with Crippen molar-refractivity contribution in [1.29, 1.82) is 0 Å². The molecule has 1 saturated carbocycles. The number of rotatable bonds is 2. The summed E-state index contributed by atoms with van der Waals surface area (Å²) < 4.78 is 18.5. The normalized spacial score (nSPS) is 18.6. The first-order valence-corrected chi connectivity index (χ1v) is 5.61. The quantitative estimate of drug-likeness (QED) is 0.841. The Morgan fingerprint density at radius 3 is 2.81 bits per heavy atom. The summed E-state index contributed by atoms with van der Waals surface area (Å²) in [5, 5.41) is 10.7. The number of furan rings is 1. The number of hydrogen-bond acceptors (Lipinski definition) is 2. The van der Waals surface area contributed by atoms with Gasteiger partial charge in [-0.2, -0.15) is 0 Å². The van der Waals surface area contributed by atoms with Gasteiger partial charge in [-0.1, -0.05) is 6.42 Å². The van der Waals surface area contributed by atoms with E-state index in [0.29, 0.717) is 22.6 Å². The van der Waals surface area contributed by atoms with Gasteiger partial charge in [-0.25, -0.2) is 4.39 Å². The van der Waals surface area contributed by atoms with Gasteiger partial charge in [-0.15, -0.1) is 0 Å². The molecule has 1 aliphatic carbocycles. The first kappa shape index (κ1) is 9.85. The maximum Gasteiger partial charge on any atom is 0.134 e. The number of hydrogen-bond donors (Lipinski definition) is 1. The van der Waals surface area contributed by atoms with Crippen LogP contribution in [0, 0.1) is 11.7 Å². The van der Waals surface area contributed by atoms with E-state index < -0.39 is 6.10 Å². The van der Waals surface area contributed by atoms with Gasteiger partial charge in [0, 0.05) is 5.39 Å². The highest BCUT2D eigenvalue weighted by molar-refractivity contribution is 5.77. The minimum atomic E-state index is -0.538. The molecule has 84 valence electrons. The molecule has 3 heteroatoms. The zero-order valence-electron chi connectivity index (χ0n) is 8.82. The molecule has 2 nitrogen and oxygen atoms in total. The lowest BCUT2D eigenvalue weighted by molar-refractivity contribution is 0.0457. The fourth-order valence-electron chi connectivity index (χ4n) is 2.17. The van der Waals surface area contributed by atoms with E-state index in [-0.39, 0.29) is 5.82 Å². The Labute approximate surface area is 92.7 Å². The average molecular weight is 220 g/mol. The monoisotopic (exact) mass is 220 g/mol. The first-order chi connectivity index (χ1) is 7.74. The molecular formula is C13H13FO2. The number of fused-ring (bicyclic) bond motifs is 1. The molecule has 2 aromatic rings. The van der Waals surface area contributed by atoms with Crippen LogP contribution in [0.15, 0.2) is 28.7 Å². The molecule has 1 aromatic carbocycles. The zero-order chi connectivity index (χ0) is 11.1.